The Bertz CT molecular complexity index is 1000. The minimum absolute atomic E-state index is 0.00147. The second-order valence-electron chi connectivity index (χ2n) is 6.61. The number of carbonyl (C=O) groups excluding carboxylic acids is 1. The maximum absolute atomic E-state index is 12.5. The van der Waals surface area contributed by atoms with Crippen LogP contribution in [0, 0.1) is 0 Å². The van der Waals surface area contributed by atoms with Crippen LogP contribution in [0.25, 0.3) is 0 Å². The number of methoxy groups -OCH3 is 1. The maximum Gasteiger partial charge on any atom is 0.403 e. The van der Waals surface area contributed by atoms with E-state index in [0.717, 1.165) is 5.56 Å². The number of nitrogens with zero attached hydrogens (tertiary/aromatic N) is 2. The van der Waals surface area contributed by atoms with Gasteiger partial charge in [0, 0.05) is 6.20 Å². The Kier molecular flexibility index (Phi) is 7.55. The lowest BCUT2D eigenvalue weighted by Gasteiger charge is -2.21. The minimum atomic E-state index is -4.42. The molecule has 0 amide bonds. The zero-order chi connectivity index (χ0) is 22.4. The van der Waals surface area contributed by atoms with Gasteiger partial charge in [0.15, 0.2) is 12.5 Å². The number of aromatic nitrogens is 2. The fourth-order valence-electron chi connectivity index (χ4n) is 2.89. The molecule has 2 aromatic rings. The van der Waals surface area contributed by atoms with Crippen LogP contribution >= 0.6 is 7.75 Å². The number of ether oxygens (including phenoxy) is 3. The second-order valence-corrected chi connectivity index (χ2v) is 8.16. The van der Waals surface area contributed by atoms with Gasteiger partial charge in [-0.1, -0.05) is 30.3 Å². The Morgan fingerprint density at radius 3 is 2.84 bits per heavy atom. The number of hydrogen-bond donors (Lipinski definition) is 3. The van der Waals surface area contributed by atoms with Crippen molar-refractivity contribution in [3.63, 3.8) is 0 Å². The van der Waals surface area contributed by atoms with Gasteiger partial charge >= 0.3 is 19.4 Å². The molecule has 0 spiro atoms. The van der Waals surface area contributed by atoms with Gasteiger partial charge in [0.2, 0.25) is 0 Å². The standard InChI is InChI=1S/C18H23N4O8P/c1-27-17(23)13(9-12-5-3-2-4-6-12)21-31(25,26)29-11-16-28-10-15(30-16)22-8-7-14(19)20-18(22)24/h2-8,13,15-16H,9-11H2,1H3,(H2,19,20,24)(H2,21,25,26)/t13-,15-,16?/m0/s1. The summed E-state index contributed by atoms with van der Waals surface area (Å²) in [5.41, 5.74) is 5.60. The molecule has 1 fully saturated rings. The second kappa shape index (κ2) is 10.1. The van der Waals surface area contributed by atoms with Crippen LogP contribution in [0.2, 0.25) is 0 Å². The molecule has 12 nitrogen and oxygen atoms in total. The van der Waals surface area contributed by atoms with E-state index in [1.807, 2.05) is 6.07 Å². The largest absolute Gasteiger partial charge is 0.468 e. The highest BCUT2D eigenvalue weighted by Gasteiger charge is 2.34. The van der Waals surface area contributed by atoms with Crippen LogP contribution in [0.4, 0.5) is 5.82 Å². The normalized spacial score (nSPS) is 21.4. The van der Waals surface area contributed by atoms with Crippen molar-refractivity contribution in [2.24, 2.45) is 0 Å². The summed E-state index contributed by atoms with van der Waals surface area (Å²) >= 11 is 0. The van der Waals surface area contributed by atoms with E-state index in [4.69, 9.17) is 24.5 Å². The van der Waals surface area contributed by atoms with E-state index in [-0.39, 0.29) is 18.8 Å². The Morgan fingerprint density at radius 2 is 2.16 bits per heavy atom. The molecule has 168 valence electrons. The number of nitrogens with two attached hydrogens (primary N) is 1. The molecule has 2 unspecified atom stereocenters. The minimum Gasteiger partial charge on any atom is -0.468 e. The van der Waals surface area contributed by atoms with Crippen molar-refractivity contribution in [1.82, 2.24) is 14.6 Å². The summed E-state index contributed by atoms with van der Waals surface area (Å²) in [4.78, 5) is 37.7. The molecule has 13 heteroatoms. The molecule has 1 saturated heterocycles. The first-order chi connectivity index (χ1) is 14.8. The fourth-order valence-corrected chi connectivity index (χ4v) is 3.88. The van der Waals surface area contributed by atoms with Gasteiger partial charge in [-0.05, 0) is 18.1 Å². The van der Waals surface area contributed by atoms with Crippen molar-refractivity contribution in [3.8, 4) is 0 Å². The lowest BCUT2D eigenvalue weighted by atomic mass is 10.1. The highest BCUT2D eigenvalue weighted by molar-refractivity contribution is 7.50. The van der Waals surface area contributed by atoms with Gasteiger partial charge in [0.1, 0.15) is 18.5 Å². The average molecular weight is 454 g/mol. The van der Waals surface area contributed by atoms with Gasteiger partial charge in [0.05, 0.1) is 13.7 Å². The molecule has 4 N–H and O–H groups in total. The molecule has 4 atom stereocenters. The van der Waals surface area contributed by atoms with Crippen LogP contribution in [0.3, 0.4) is 0 Å². The summed E-state index contributed by atoms with van der Waals surface area (Å²) < 4.78 is 34.2. The Hall–Kier alpha value is -2.60. The summed E-state index contributed by atoms with van der Waals surface area (Å²) in [6, 6.07) is 9.25. The third kappa shape index (κ3) is 6.44. The van der Waals surface area contributed by atoms with E-state index in [1.165, 1.54) is 23.9 Å². The molecular weight excluding hydrogens is 431 g/mol. The third-order valence-corrected chi connectivity index (χ3v) is 5.51. The van der Waals surface area contributed by atoms with Gasteiger partial charge < -0.3 is 24.8 Å². The smallest absolute Gasteiger partial charge is 0.403 e. The molecule has 0 bridgehead atoms. The molecular formula is C18H23N4O8P. The zero-order valence-corrected chi connectivity index (χ0v) is 17.5. The quantitative estimate of drug-likeness (QED) is 0.350. The average Bonchev–Trinajstić information content (AvgIpc) is 3.21. The van der Waals surface area contributed by atoms with E-state index < -0.39 is 44.6 Å². The summed E-state index contributed by atoms with van der Waals surface area (Å²) in [6.07, 6.45) is -0.277. The van der Waals surface area contributed by atoms with Crippen molar-refractivity contribution < 1.29 is 33.0 Å². The first kappa shape index (κ1) is 23.1. The summed E-state index contributed by atoms with van der Waals surface area (Å²) in [5.74, 6) is -0.645. The Morgan fingerprint density at radius 1 is 1.42 bits per heavy atom. The molecule has 0 aliphatic carbocycles. The molecule has 1 aromatic heterocycles. The van der Waals surface area contributed by atoms with Crippen molar-refractivity contribution in [2.75, 3.05) is 26.1 Å². The maximum atomic E-state index is 12.5. The summed E-state index contributed by atoms with van der Waals surface area (Å²) in [7, 11) is -3.24. The number of esters is 1. The summed E-state index contributed by atoms with van der Waals surface area (Å²) in [6.45, 7) is -0.421. The molecule has 1 aliphatic rings. The predicted octanol–water partition coefficient (Wildman–Crippen LogP) is 0.188. The Balaban J connectivity index is 1.56. The number of hydrogen-bond acceptors (Lipinski definition) is 9. The van der Waals surface area contributed by atoms with E-state index in [2.05, 4.69) is 10.1 Å². The fraction of sp³-hybridized carbons (Fsp3) is 0.389. The zero-order valence-electron chi connectivity index (χ0n) is 16.6. The molecule has 0 saturated carbocycles. The molecule has 2 heterocycles. The third-order valence-electron chi connectivity index (χ3n) is 4.37. The van der Waals surface area contributed by atoms with Crippen molar-refractivity contribution in [3.05, 3.63) is 58.6 Å². The SMILES string of the molecule is COC(=O)[C@H](Cc1ccccc1)NP(=O)(O)OCC1OC[C@@H](n2ccc(N)nc2=O)O1. The van der Waals surface area contributed by atoms with E-state index in [0.29, 0.717) is 0 Å². The molecule has 0 radical (unpaired) electrons. The number of rotatable bonds is 9. The van der Waals surface area contributed by atoms with Crippen LogP contribution in [-0.4, -0.2) is 53.1 Å². The lowest BCUT2D eigenvalue weighted by molar-refractivity contribution is -0.142. The molecule has 3 rings (SSSR count). The molecule has 1 aliphatic heterocycles. The van der Waals surface area contributed by atoms with E-state index >= 15 is 0 Å². The first-order valence-electron chi connectivity index (χ1n) is 9.26. The monoisotopic (exact) mass is 454 g/mol. The van der Waals surface area contributed by atoms with Gasteiger partial charge in [-0.25, -0.2) is 14.4 Å². The van der Waals surface area contributed by atoms with E-state index in [9.17, 15) is 19.0 Å². The lowest BCUT2D eigenvalue weighted by Crippen LogP contribution is -2.38. The van der Waals surface area contributed by atoms with Crippen molar-refractivity contribution in [1.29, 1.82) is 0 Å². The van der Waals surface area contributed by atoms with Crippen LogP contribution in [0.5, 0.6) is 0 Å². The first-order valence-corrected chi connectivity index (χ1v) is 10.8. The molecule has 31 heavy (non-hydrogen) atoms. The molecule has 1 aromatic carbocycles. The van der Waals surface area contributed by atoms with E-state index in [1.54, 1.807) is 24.3 Å². The number of anilines is 1. The number of benzene rings is 1. The van der Waals surface area contributed by atoms with Crippen LogP contribution < -0.4 is 16.5 Å². The highest BCUT2D eigenvalue weighted by atomic mass is 31.2. The van der Waals surface area contributed by atoms with Crippen molar-refractivity contribution >= 4 is 19.5 Å². The van der Waals surface area contributed by atoms with Gasteiger partial charge in [-0.2, -0.15) is 4.98 Å². The topological polar surface area (TPSA) is 164 Å². The highest BCUT2D eigenvalue weighted by Crippen LogP contribution is 2.39. The number of carbonyl (C=O) groups is 1. The predicted molar refractivity (Wildman–Crippen MR) is 108 cm³/mol. The van der Waals surface area contributed by atoms with Gasteiger partial charge in [0.25, 0.3) is 0 Å². The number of nitrogen functional groups attached to an aromatic ring is 1. The van der Waals surface area contributed by atoms with Crippen LogP contribution in [-0.2, 0) is 34.5 Å². The van der Waals surface area contributed by atoms with Gasteiger partial charge in [-0.3, -0.25) is 13.9 Å². The van der Waals surface area contributed by atoms with Crippen molar-refractivity contribution in [2.45, 2.75) is 25.0 Å². The Labute approximate surface area is 177 Å². The van der Waals surface area contributed by atoms with Gasteiger partial charge in [-0.15, -0.1) is 0 Å². The van der Waals surface area contributed by atoms with Crippen LogP contribution in [0.15, 0.2) is 47.4 Å². The number of nitrogens with one attached hydrogen (secondary N) is 1. The van der Waals surface area contributed by atoms with Crippen LogP contribution in [0.1, 0.15) is 11.8 Å². The summed E-state index contributed by atoms with van der Waals surface area (Å²) in [5, 5.41) is 2.30.